The number of aliphatic hydroxyl groups is 15. The summed E-state index contributed by atoms with van der Waals surface area (Å²) in [7, 11) is 0. The molecule has 0 aliphatic carbocycles. The maximum Gasteiger partial charge on any atom is 0.217 e. The smallest absolute Gasteiger partial charge is 0.217 e. The molecular formula is C32H55NO24. The molecule has 0 bridgehead atoms. The zero-order valence-corrected chi connectivity index (χ0v) is 30.9. The quantitative estimate of drug-likeness (QED) is 0.0681. The zero-order chi connectivity index (χ0) is 42.6. The Labute approximate surface area is 324 Å². The summed E-state index contributed by atoms with van der Waals surface area (Å²) in [4.78, 5) is 12.6. The fourth-order valence-electron chi connectivity index (χ4n) is 6.63. The van der Waals surface area contributed by atoms with Gasteiger partial charge in [0, 0.05) is 6.92 Å². The largest absolute Gasteiger partial charge is 0.506 e. The first kappa shape index (κ1) is 47.6. The molecule has 1 amide bonds. The fraction of sp³-hybridized carbons (Fsp3) is 0.906. The molecule has 0 aromatic rings. The van der Waals surface area contributed by atoms with Crippen molar-refractivity contribution in [1.82, 2.24) is 5.32 Å². The molecule has 0 aromatic carbocycles. The van der Waals surface area contributed by atoms with Crippen LogP contribution in [-0.2, 0) is 42.7 Å². The van der Waals surface area contributed by atoms with Gasteiger partial charge in [-0.15, -0.1) is 0 Å². The van der Waals surface area contributed by atoms with Crippen LogP contribution in [0.15, 0.2) is 11.5 Å². The van der Waals surface area contributed by atoms with E-state index in [-0.39, 0.29) is 0 Å². The van der Waals surface area contributed by atoms with Crippen molar-refractivity contribution in [3.05, 3.63) is 11.5 Å². The van der Waals surface area contributed by atoms with Gasteiger partial charge < -0.3 is 120 Å². The average molecular weight is 838 g/mol. The predicted octanol–water partition coefficient (Wildman–Crippen LogP) is -8.48. The topological polar surface area (TPSA) is 406 Å². The molecule has 25 nitrogen and oxygen atoms in total. The number of aliphatic hydroxyl groups excluding tert-OH is 15. The third-order valence-electron chi connectivity index (χ3n) is 10.00. The van der Waals surface area contributed by atoms with Gasteiger partial charge >= 0.3 is 0 Å². The van der Waals surface area contributed by atoms with Crippen molar-refractivity contribution in [2.45, 2.75) is 156 Å². The minimum Gasteiger partial charge on any atom is -0.506 e. The van der Waals surface area contributed by atoms with Gasteiger partial charge in [-0.2, -0.15) is 0 Å². The number of ether oxygens (including phenoxy) is 8. The number of nitrogens with one attached hydrogen (secondary N) is 1. The van der Waals surface area contributed by atoms with Crippen molar-refractivity contribution in [3.8, 4) is 0 Å². The van der Waals surface area contributed by atoms with Crippen LogP contribution in [0, 0.1) is 0 Å². The molecule has 4 aliphatic heterocycles. The van der Waals surface area contributed by atoms with Crippen molar-refractivity contribution in [2.75, 3.05) is 26.4 Å². The van der Waals surface area contributed by atoms with Gasteiger partial charge in [-0.05, 0) is 13.8 Å². The second kappa shape index (κ2) is 20.5. The van der Waals surface area contributed by atoms with Gasteiger partial charge in [0.2, 0.25) is 5.91 Å². The molecule has 16 N–H and O–H groups in total. The lowest BCUT2D eigenvalue weighted by Crippen LogP contribution is -2.70. The Morgan fingerprint density at radius 3 is 1.54 bits per heavy atom. The molecule has 0 radical (unpaired) electrons. The van der Waals surface area contributed by atoms with Gasteiger partial charge in [-0.25, -0.2) is 0 Å². The Morgan fingerprint density at radius 1 is 0.579 bits per heavy atom. The highest BCUT2D eigenvalue weighted by molar-refractivity contribution is 5.73. The lowest BCUT2D eigenvalue weighted by Gasteiger charge is -2.51. The van der Waals surface area contributed by atoms with Crippen molar-refractivity contribution in [2.24, 2.45) is 0 Å². The van der Waals surface area contributed by atoms with E-state index in [1.807, 2.05) is 0 Å². The Morgan fingerprint density at radius 2 is 1.05 bits per heavy atom. The van der Waals surface area contributed by atoms with E-state index in [0.717, 1.165) is 6.92 Å². The first-order chi connectivity index (χ1) is 26.8. The molecule has 4 heterocycles. The summed E-state index contributed by atoms with van der Waals surface area (Å²) in [5.74, 6) is -3.23. The van der Waals surface area contributed by atoms with E-state index >= 15 is 0 Å². The minimum absolute atomic E-state index is 0.805. The summed E-state index contributed by atoms with van der Waals surface area (Å²) in [6.45, 7) is -0.237. The maximum atomic E-state index is 12.6. The maximum absolute atomic E-state index is 12.6. The summed E-state index contributed by atoms with van der Waals surface area (Å²) >= 11 is 0. The number of carbonyl (C=O) groups excluding carboxylic acids is 1. The highest BCUT2D eigenvalue weighted by Crippen LogP contribution is 2.36. The van der Waals surface area contributed by atoms with E-state index < -0.39 is 179 Å². The SMILES string of the molecule is CC(=O)N[C@H]1[C@H](OCC(O)C(O)=C(O)C(O)CO)O[C@H](CO)[C@@H](O[C@@H]2O[C@H](CO)[C@H](O)[C@H](O)[C@H]2O[C@@H]2O[C@@H](C)[C@@H](O)[C@@H](O)[C@@H]2O)[C@@H]1O[C@@H]1O[C@@H](C)[C@@H](O)[C@@H](O)[C@@H]1O. The van der Waals surface area contributed by atoms with Gasteiger partial charge in [0.15, 0.2) is 36.7 Å². The number of carbonyl (C=O) groups is 1. The molecule has 332 valence electrons. The Bertz CT molecular complexity index is 1310. The molecule has 0 spiro atoms. The van der Waals surface area contributed by atoms with Crippen molar-refractivity contribution >= 4 is 5.91 Å². The predicted molar refractivity (Wildman–Crippen MR) is 178 cm³/mol. The first-order valence-electron chi connectivity index (χ1n) is 18.0. The molecule has 4 saturated heterocycles. The number of hydrogen-bond donors (Lipinski definition) is 16. The highest BCUT2D eigenvalue weighted by Gasteiger charge is 2.56. The van der Waals surface area contributed by atoms with E-state index in [9.17, 15) is 76.3 Å². The molecule has 57 heavy (non-hydrogen) atoms. The van der Waals surface area contributed by atoms with E-state index in [1.54, 1.807) is 0 Å². The zero-order valence-electron chi connectivity index (χ0n) is 30.9. The highest BCUT2D eigenvalue weighted by atomic mass is 16.8. The van der Waals surface area contributed by atoms with E-state index in [1.165, 1.54) is 13.8 Å². The van der Waals surface area contributed by atoms with E-state index in [4.69, 9.17) is 43.0 Å². The molecule has 4 fully saturated rings. The summed E-state index contributed by atoms with van der Waals surface area (Å²) in [6.07, 6.45) is -37.2. The minimum atomic E-state index is -2.11. The van der Waals surface area contributed by atoms with E-state index in [2.05, 4.69) is 5.32 Å². The standard InChI is InChI=1S/C32H55NO24/c1-8-16(40)21(45)24(48)30(51-8)56-27-15(33-10(3)37)29(50-7-12(39)19(43)18(42)11(38)4-34)54-14(6-36)26(27)55-32-28(23(47)20(44)13(5-35)53-32)57-31-25(49)22(46)17(41)9(2)52-31/h8-9,11-17,20-32,34-36,38-49H,4-7H2,1-3H3,(H,33,37)/t8-,9-,11?,12?,13+,14+,15+,16+,17+,20-,21+,22+,23-,24-,25-,26+,27+,28+,29+,30-,31-,32-/m0/s1. The molecule has 0 saturated carbocycles. The Hall–Kier alpha value is -2.03. The fourth-order valence-corrected chi connectivity index (χ4v) is 6.63. The molecule has 0 aromatic heterocycles. The van der Waals surface area contributed by atoms with Crippen LogP contribution in [0.5, 0.6) is 0 Å². The lowest BCUT2D eigenvalue weighted by molar-refractivity contribution is -0.393. The van der Waals surface area contributed by atoms with Crippen molar-refractivity contribution in [3.63, 3.8) is 0 Å². The van der Waals surface area contributed by atoms with Gasteiger partial charge in [-0.1, -0.05) is 0 Å². The Balaban J connectivity index is 1.74. The van der Waals surface area contributed by atoms with Crippen LogP contribution in [0.2, 0.25) is 0 Å². The van der Waals surface area contributed by atoms with E-state index in [0.29, 0.717) is 0 Å². The summed E-state index contributed by atoms with van der Waals surface area (Å²) in [5.41, 5.74) is 0. The van der Waals surface area contributed by atoms with Gasteiger partial charge in [0.1, 0.15) is 97.6 Å². The number of amides is 1. The average Bonchev–Trinajstić information content (AvgIpc) is 3.18. The Kier molecular flexibility index (Phi) is 17.1. The van der Waals surface area contributed by atoms with Crippen LogP contribution in [-0.4, -0.2) is 244 Å². The van der Waals surface area contributed by atoms with Gasteiger partial charge in [0.05, 0.1) is 38.6 Å². The molecule has 4 aliphatic rings. The van der Waals surface area contributed by atoms with Crippen LogP contribution < -0.4 is 5.32 Å². The number of rotatable bonds is 15. The third-order valence-corrected chi connectivity index (χ3v) is 10.00. The number of hydrogen-bond acceptors (Lipinski definition) is 24. The van der Waals surface area contributed by atoms with Crippen LogP contribution >= 0.6 is 0 Å². The molecule has 22 atom stereocenters. The molecule has 4 rings (SSSR count). The van der Waals surface area contributed by atoms with Crippen LogP contribution in [0.3, 0.4) is 0 Å². The monoisotopic (exact) mass is 837 g/mol. The van der Waals surface area contributed by atoms with Crippen molar-refractivity contribution in [1.29, 1.82) is 0 Å². The second-order valence-electron chi connectivity index (χ2n) is 14.1. The summed E-state index contributed by atoms with van der Waals surface area (Å²) in [6, 6.07) is -1.66. The van der Waals surface area contributed by atoms with Gasteiger partial charge in [-0.3, -0.25) is 4.79 Å². The van der Waals surface area contributed by atoms with Crippen LogP contribution in [0.25, 0.3) is 0 Å². The lowest BCUT2D eigenvalue weighted by atomic mass is 9.94. The molecule has 2 unspecified atom stereocenters. The molecular weight excluding hydrogens is 782 g/mol. The first-order valence-corrected chi connectivity index (χ1v) is 18.0. The van der Waals surface area contributed by atoms with Crippen LogP contribution in [0.1, 0.15) is 20.8 Å². The van der Waals surface area contributed by atoms with Gasteiger partial charge in [0.25, 0.3) is 0 Å². The summed E-state index contributed by atoms with van der Waals surface area (Å²) in [5, 5.41) is 157. The second-order valence-corrected chi connectivity index (χ2v) is 14.1. The third kappa shape index (κ3) is 10.7. The molecule has 25 heteroatoms. The summed E-state index contributed by atoms with van der Waals surface area (Å²) < 4.78 is 46.3. The normalized spacial score (nSPS) is 45.8. The van der Waals surface area contributed by atoms with Crippen molar-refractivity contribution < 1.29 is 119 Å². The van der Waals surface area contributed by atoms with Crippen LogP contribution in [0.4, 0.5) is 0 Å².